The summed E-state index contributed by atoms with van der Waals surface area (Å²) >= 11 is 0. The van der Waals surface area contributed by atoms with E-state index in [1.54, 1.807) is 7.05 Å². The number of piperazine rings is 1. The van der Waals surface area contributed by atoms with Crippen LogP contribution in [-0.4, -0.2) is 75.4 Å². The van der Waals surface area contributed by atoms with Gasteiger partial charge < -0.3 is 4.90 Å². The lowest BCUT2D eigenvalue weighted by molar-refractivity contribution is 0.0891. The van der Waals surface area contributed by atoms with Crippen LogP contribution in [0.1, 0.15) is 31.9 Å². The molecule has 1 saturated heterocycles. The zero-order chi connectivity index (χ0) is 18.4. The van der Waals surface area contributed by atoms with E-state index in [1.165, 1.54) is 9.87 Å². The third kappa shape index (κ3) is 5.76. The van der Waals surface area contributed by atoms with Gasteiger partial charge in [0.1, 0.15) is 0 Å². The first-order chi connectivity index (χ1) is 11.8. The number of benzene rings is 1. The van der Waals surface area contributed by atoms with Gasteiger partial charge in [-0.15, -0.1) is 0 Å². The Balaban J connectivity index is 1.88. The first-order valence-electron chi connectivity index (χ1n) is 9.01. The van der Waals surface area contributed by atoms with E-state index in [2.05, 4.69) is 45.8 Å². The molecule has 0 aliphatic carbocycles. The van der Waals surface area contributed by atoms with Crippen LogP contribution in [0, 0.1) is 0 Å². The van der Waals surface area contributed by atoms with E-state index in [0.717, 1.165) is 32.6 Å². The molecule has 0 spiro atoms. The van der Waals surface area contributed by atoms with Crippen LogP contribution in [0.4, 0.5) is 0 Å². The second-order valence-corrected chi connectivity index (χ2v) is 8.90. The normalized spacial score (nSPS) is 20.5. The summed E-state index contributed by atoms with van der Waals surface area (Å²) in [4.78, 5) is 4.82. The molecular weight excluding hydrogens is 336 g/mol. The standard InChI is InChI=1S/C18H32N4O2S/c1-16(2)21(4)25(23,24)19-11-8-12-22-14-13-20(3)15-18(22)17-9-6-5-7-10-17/h5-7,9-10,16,18-19H,8,11-15H2,1-4H3/t18-/m1/s1. The molecule has 1 atom stereocenters. The van der Waals surface area contributed by atoms with E-state index in [1.807, 2.05) is 19.9 Å². The fourth-order valence-electron chi connectivity index (χ4n) is 3.08. The highest BCUT2D eigenvalue weighted by Gasteiger charge is 2.26. The summed E-state index contributed by atoms with van der Waals surface area (Å²) in [6, 6.07) is 10.9. The summed E-state index contributed by atoms with van der Waals surface area (Å²) in [7, 11) is 0.386. The Labute approximate surface area is 153 Å². The SMILES string of the molecule is CC(C)N(C)S(=O)(=O)NCCCN1CCN(C)C[C@@H]1c1ccccc1. The van der Waals surface area contributed by atoms with Crippen LogP contribution in [0.5, 0.6) is 0 Å². The van der Waals surface area contributed by atoms with Gasteiger partial charge in [-0.2, -0.15) is 12.7 Å². The largest absolute Gasteiger partial charge is 0.303 e. The molecule has 1 heterocycles. The number of rotatable bonds is 8. The summed E-state index contributed by atoms with van der Waals surface area (Å²) in [5.74, 6) is 0. The van der Waals surface area contributed by atoms with E-state index >= 15 is 0 Å². The van der Waals surface area contributed by atoms with E-state index < -0.39 is 10.2 Å². The van der Waals surface area contributed by atoms with Crippen molar-refractivity contribution in [2.24, 2.45) is 0 Å². The highest BCUT2D eigenvalue weighted by atomic mass is 32.2. The van der Waals surface area contributed by atoms with Crippen LogP contribution in [0.3, 0.4) is 0 Å². The topological polar surface area (TPSA) is 55.9 Å². The van der Waals surface area contributed by atoms with E-state index in [0.29, 0.717) is 12.6 Å². The van der Waals surface area contributed by atoms with Gasteiger partial charge in [-0.1, -0.05) is 30.3 Å². The molecule has 1 fully saturated rings. The van der Waals surface area contributed by atoms with Crippen LogP contribution < -0.4 is 4.72 Å². The van der Waals surface area contributed by atoms with Crippen molar-refractivity contribution in [1.29, 1.82) is 0 Å². The zero-order valence-electron chi connectivity index (χ0n) is 15.9. The number of nitrogens with one attached hydrogen (secondary N) is 1. The Kier molecular flexibility index (Phi) is 7.39. The number of hydrogen-bond acceptors (Lipinski definition) is 4. The van der Waals surface area contributed by atoms with Gasteiger partial charge in [0, 0.05) is 51.9 Å². The Morgan fingerprint density at radius 3 is 2.56 bits per heavy atom. The predicted molar refractivity (Wildman–Crippen MR) is 103 cm³/mol. The van der Waals surface area contributed by atoms with Crippen LogP contribution >= 0.6 is 0 Å². The maximum absolute atomic E-state index is 12.1. The Morgan fingerprint density at radius 1 is 1.24 bits per heavy atom. The van der Waals surface area contributed by atoms with E-state index in [9.17, 15) is 8.42 Å². The minimum atomic E-state index is -3.38. The Hall–Kier alpha value is -0.990. The van der Waals surface area contributed by atoms with Crippen molar-refractivity contribution >= 4 is 10.2 Å². The van der Waals surface area contributed by atoms with Crippen molar-refractivity contribution in [3.8, 4) is 0 Å². The highest BCUT2D eigenvalue weighted by molar-refractivity contribution is 7.87. The van der Waals surface area contributed by atoms with Gasteiger partial charge in [0.05, 0.1) is 0 Å². The molecule has 1 aliphatic heterocycles. The number of hydrogen-bond donors (Lipinski definition) is 1. The summed E-state index contributed by atoms with van der Waals surface area (Å²) in [6.45, 7) is 8.15. The average Bonchev–Trinajstić information content (AvgIpc) is 2.59. The van der Waals surface area contributed by atoms with Crippen molar-refractivity contribution in [2.45, 2.75) is 32.4 Å². The summed E-state index contributed by atoms with van der Waals surface area (Å²) < 4.78 is 28.4. The molecule has 7 heteroatoms. The Bertz CT molecular complexity index is 621. The van der Waals surface area contributed by atoms with Crippen molar-refractivity contribution in [2.75, 3.05) is 46.8 Å². The molecule has 2 rings (SSSR count). The van der Waals surface area contributed by atoms with E-state index in [-0.39, 0.29) is 6.04 Å². The average molecular weight is 369 g/mol. The molecular formula is C18H32N4O2S. The predicted octanol–water partition coefficient (Wildman–Crippen LogP) is 1.54. The molecule has 0 saturated carbocycles. The molecule has 0 aromatic heterocycles. The van der Waals surface area contributed by atoms with Crippen LogP contribution in [0.25, 0.3) is 0 Å². The highest BCUT2D eigenvalue weighted by Crippen LogP contribution is 2.24. The van der Waals surface area contributed by atoms with Gasteiger partial charge in [0.15, 0.2) is 0 Å². The van der Waals surface area contributed by atoms with Gasteiger partial charge in [-0.05, 0) is 32.9 Å². The van der Waals surface area contributed by atoms with Crippen molar-refractivity contribution in [3.63, 3.8) is 0 Å². The van der Waals surface area contributed by atoms with Gasteiger partial charge in [-0.25, -0.2) is 4.72 Å². The minimum Gasteiger partial charge on any atom is -0.303 e. The molecule has 6 nitrogen and oxygen atoms in total. The molecule has 1 aromatic rings. The van der Waals surface area contributed by atoms with Crippen molar-refractivity contribution in [1.82, 2.24) is 18.8 Å². The molecule has 1 aliphatic rings. The van der Waals surface area contributed by atoms with Crippen LogP contribution in [0.15, 0.2) is 30.3 Å². The quantitative estimate of drug-likeness (QED) is 0.707. The molecule has 1 N–H and O–H groups in total. The zero-order valence-corrected chi connectivity index (χ0v) is 16.7. The minimum absolute atomic E-state index is 0.0439. The second-order valence-electron chi connectivity index (χ2n) is 7.09. The lowest BCUT2D eigenvalue weighted by Gasteiger charge is -2.40. The fraction of sp³-hybridized carbons (Fsp3) is 0.667. The van der Waals surface area contributed by atoms with Crippen LogP contribution in [-0.2, 0) is 10.2 Å². The first-order valence-corrected chi connectivity index (χ1v) is 10.5. The van der Waals surface area contributed by atoms with E-state index in [4.69, 9.17) is 0 Å². The van der Waals surface area contributed by atoms with Gasteiger partial charge >= 0.3 is 0 Å². The lowest BCUT2D eigenvalue weighted by Crippen LogP contribution is -2.47. The Morgan fingerprint density at radius 2 is 1.92 bits per heavy atom. The maximum atomic E-state index is 12.1. The fourth-order valence-corrected chi connectivity index (χ4v) is 4.24. The maximum Gasteiger partial charge on any atom is 0.279 e. The molecule has 142 valence electrons. The molecule has 1 aromatic carbocycles. The third-order valence-electron chi connectivity index (χ3n) is 4.89. The van der Waals surface area contributed by atoms with Crippen molar-refractivity contribution in [3.05, 3.63) is 35.9 Å². The summed E-state index contributed by atoms with van der Waals surface area (Å²) in [6.07, 6.45) is 0.804. The molecule has 0 amide bonds. The third-order valence-corrected chi connectivity index (χ3v) is 6.64. The van der Waals surface area contributed by atoms with Gasteiger partial charge in [-0.3, -0.25) is 4.90 Å². The molecule has 0 radical (unpaired) electrons. The number of likely N-dealkylation sites (N-methyl/N-ethyl adjacent to an activating group) is 1. The molecule has 0 unspecified atom stereocenters. The summed E-state index contributed by atoms with van der Waals surface area (Å²) in [5, 5.41) is 0. The lowest BCUT2D eigenvalue weighted by atomic mass is 10.0. The smallest absolute Gasteiger partial charge is 0.279 e. The van der Waals surface area contributed by atoms with Crippen molar-refractivity contribution < 1.29 is 8.42 Å². The molecule has 0 bridgehead atoms. The van der Waals surface area contributed by atoms with Crippen LogP contribution in [0.2, 0.25) is 0 Å². The number of nitrogens with zero attached hydrogens (tertiary/aromatic N) is 3. The van der Waals surface area contributed by atoms with Gasteiger partial charge in [0.25, 0.3) is 10.2 Å². The molecule has 25 heavy (non-hydrogen) atoms. The second kappa shape index (κ2) is 9.09. The monoisotopic (exact) mass is 368 g/mol. The van der Waals surface area contributed by atoms with Gasteiger partial charge in [0.2, 0.25) is 0 Å². The summed E-state index contributed by atoms with van der Waals surface area (Å²) in [5.41, 5.74) is 1.33. The first kappa shape index (κ1) is 20.3.